The molecule has 2 aromatic heterocycles. The molecule has 0 amide bonds. The van der Waals surface area contributed by atoms with E-state index in [2.05, 4.69) is 15.0 Å². The van der Waals surface area contributed by atoms with Gasteiger partial charge in [-0.2, -0.15) is 4.98 Å². The van der Waals surface area contributed by atoms with E-state index in [1.54, 1.807) is 6.92 Å². The third-order valence-corrected chi connectivity index (χ3v) is 7.40. The van der Waals surface area contributed by atoms with Crippen LogP contribution >= 0.6 is 11.6 Å². The second-order valence-electron chi connectivity index (χ2n) is 7.20. The van der Waals surface area contributed by atoms with Crippen LogP contribution in [0.15, 0.2) is 11.5 Å². The topological polar surface area (TPSA) is 148 Å². The first-order valence-electron chi connectivity index (χ1n) is 9.48. The standard InChI is InChI=1S/C17H25ClN4O6S/c1-3-4-5-6-9(2)29(26,27)17-20-14(18)11-15(21-17)22(8-19-11)16-13(25)12(24)10(7-23)28-16/h8-10,12-13,16,23-25H,3-7H2,1-2H3/t9?,10-,12-,13-,16-/m1/s1. The third-order valence-electron chi connectivity index (χ3n) is 5.15. The Bertz CT molecular complexity index is 968. The van der Waals surface area contributed by atoms with Crippen molar-refractivity contribution in [3.8, 4) is 0 Å². The van der Waals surface area contributed by atoms with Gasteiger partial charge in [0.1, 0.15) is 23.8 Å². The monoisotopic (exact) mass is 448 g/mol. The molecule has 3 N–H and O–H groups in total. The van der Waals surface area contributed by atoms with Crippen molar-refractivity contribution in [3.05, 3.63) is 11.5 Å². The van der Waals surface area contributed by atoms with E-state index < -0.39 is 51.4 Å². The number of aliphatic hydroxyl groups is 3. The van der Waals surface area contributed by atoms with Gasteiger partial charge in [0.25, 0.3) is 5.16 Å². The number of aliphatic hydroxyl groups excluding tert-OH is 3. The maximum atomic E-state index is 12.9. The van der Waals surface area contributed by atoms with Crippen molar-refractivity contribution in [2.24, 2.45) is 0 Å². The molecule has 10 nitrogen and oxygen atoms in total. The molecule has 5 atom stereocenters. The lowest BCUT2D eigenvalue weighted by Crippen LogP contribution is -2.33. The third kappa shape index (κ3) is 4.12. The van der Waals surface area contributed by atoms with Crippen LogP contribution in [0.4, 0.5) is 0 Å². The number of unbranched alkanes of at least 4 members (excludes halogenated alkanes) is 2. The van der Waals surface area contributed by atoms with Crippen LogP contribution in [-0.2, 0) is 14.6 Å². The van der Waals surface area contributed by atoms with E-state index in [-0.39, 0.29) is 16.3 Å². The highest BCUT2D eigenvalue weighted by atomic mass is 35.5. The minimum absolute atomic E-state index is 0.0548. The number of imidazole rings is 1. The van der Waals surface area contributed by atoms with Gasteiger partial charge in [-0.15, -0.1) is 0 Å². The van der Waals surface area contributed by atoms with E-state index in [4.69, 9.17) is 16.3 Å². The van der Waals surface area contributed by atoms with Crippen LogP contribution < -0.4 is 0 Å². The molecule has 2 aromatic rings. The summed E-state index contributed by atoms with van der Waals surface area (Å²) in [5.74, 6) is 0. The van der Waals surface area contributed by atoms with Crippen molar-refractivity contribution in [1.82, 2.24) is 19.5 Å². The van der Waals surface area contributed by atoms with Gasteiger partial charge in [-0.3, -0.25) is 4.57 Å². The molecule has 0 saturated carbocycles. The van der Waals surface area contributed by atoms with Gasteiger partial charge in [0.2, 0.25) is 9.84 Å². The Morgan fingerprint density at radius 3 is 2.62 bits per heavy atom. The summed E-state index contributed by atoms with van der Waals surface area (Å²) in [5.41, 5.74) is 0.196. The molecule has 1 fully saturated rings. The van der Waals surface area contributed by atoms with E-state index in [9.17, 15) is 23.7 Å². The summed E-state index contributed by atoms with van der Waals surface area (Å²) in [6, 6.07) is 0. The lowest BCUT2D eigenvalue weighted by molar-refractivity contribution is -0.0511. The summed E-state index contributed by atoms with van der Waals surface area (Å²) < 4.78 is 32.6. The van der Waals surface area contributed by atoms with Crippen LogP contribution in [0.1, 0.15) is 45.8 Å². The van der Waals surface area contributed by atoms with Crippen LogP contribution in [0.5, 0.6) is 0 Å². The number of nitrogens with zero attached hydrogens (tertiary/aromatic N) is 4. The lowest BCUT2D eigenvalue weighted by atomic mass is 10.1. The van der Waals surface area contributed by atoms with Crippen molar-refractivity contribution >= 4 is 32.6 Å². The Kier molecular flexibility index (Phi) is 6.76. The van der Waals surface area contributed by atoms with E-state index in [1.165, 1.54) is 10.9 Å². The first-order chi connectivity index (χ1) is 13.7. The lowest BCUT2D eigenvalue weighted by Gasteiger charge is -2.17. The van der Waals surface area contributed by atoms with Gasteiger partial charge in [-0.05, 0) is 13.3 Å². The van der Waals surface area contributed by atoms with Gasteiger partial charge in [0, 0.05) is 0 Å². The summed E-state index contributed by atoms with van der Waals surface area (Å²) >= 11 is 6.16. The normalized spacial score (nSPS) is 26.3. The molecule has 162 valence electrons. The molecule has 1 saturated heterocycles. The van der Waals surface area contributed by atoms with E-state index in [1.807, 2.05) is 6.92 Å². The second kappa shape index (κ2) is 8.78. The van der Waals surface area contributed by atoms with E-state index >= 15 is 0 Å². The minimum Gasteiger partial charge on any atom is -0.394 e. The van der Waals surface area contributed by atoms with Gasteiger partial charge in [0.15, 0.2) is 17.0 Å². The van der Waals surface area contributed by atoms with Crippen molar-refractivity contribution in [2.45, 2.75) is 74.5 Å². The maximum Gasteiger partial charge on any atom is 0.250 e. The highest BCUT2D eigenvalue weighted by Crippen LogP contribution is 2.33. The quantitative estimate of drug-likeness (QED) is 0.303. The molecule has 0 spiro atoms. The average Bonchev–Trinajstić information content (AvgIpc) is 3.23. The number of aromatic nitrogens is 4. The molecule has 0 bridgehead atoms. The Morgan fingerprint density at radius 2 is 2.00 bits per heavy atom. The Hall–Kier alpha value is -1.37. The minimum atomic E-state index is -3.83. The Labute approximate surface area is 173 Å². The Morgan fingerprint density at radius 1 is 1.28 bits per heavy atom. The Balaban J connectivity index is 1.99. The second-order valence-corrected chi connectivity index (χ2v) is 9.82. The summed E-state index contributed by atoms with van der Waals surface area (Å²) in [5, 5.41) is 28.3. The van der Waals surface area contributed by atoms with Crippen molar-refractivity contribution in [1.29, 1.82) is 0 Å². The fourth-order valence-corrected chi connectivity index (χ4v) is 4.84. The SMILES string of the molecule is CCCCCC(C)S(=O)(=O)c1nc(Cl)c2ncn([C@@H]3O[C@H](CO)[C@@H](O)[C@H]3O)c2n1. The number of sulfone groups is 1. The summed E-state index contributed by atoms with van der Waals surface area (Å²) in [6.45, 7) is 3.15. The van der Waals surface area contributed by atoms with Crippen LogP contribution in [-0.4, -0.2) is 73.4 Å². The number of rotatable bonds is 8. The van der Waals surface area contributed by atoms with Crippen LogP contribution in [0.3, 0.4) is 0 Å². The van der Waals surface area contributed by atoms with Gasteiger partial charge < -0.3 is 20.1 Å². The number of fused-ring (bicyclic) bond motifs is 1. The molecule has 12 heteroatoms. The van der Waals surface area contributed by atoms with Crippen molar-refractivity contribution < 1.29 is 28.5 Å². The zero-order valence-corrected chi connectivity index (χ0v) is 17.7. The fraction of sp³-hybridized carbons (Fsp3) is 0.706. The van der Waals surface area contributed by atoms with Crippen molar-refractivity contribution in [3.63, 3.8) is 0 Å². The zero-order chi connectivity index (χ0) is 21.3. The molecule has 1 aliphatic heterocycles. The molecular formula is C17H25ClN4O6S. The molecule has 0 aromatic carbocycles. The zero-order valence-electron chi connectivity index (χ0n) is 16.1. The number of hydrogen-bond donors (Lipinski definition) is 3. The van der Waals surface area contributed by atoms with Gasteiger partial charge in [0.05, 0.1) is 18.2 Å². The average molecular weight is 449 g/mol. The predicted octanol–water partition coefficient (Wildman–Crippen LogP) is 0.834. The van der Waals surface area contributed by atoms with Gasteiger partial charge in [-0.1, -0.05) is 37.8 Å². The maximum absolute atomic E-state index is 12.9. The van der Waals surface area contributed by atoms with Crippen LogP contribution in [0, 0.1) is 0 Å². The van der Waals surface area contributed by atoms with E-state index in [0.29, 0.717) is 6.42 Å². The molecule has 1 unspecified atom stereocenters. The number of hydrogen-bond acceptors (Lipinski definition) is 9. The van der Waals surface area contributed by atoms with Gasteiger partial charge >= 0.3 is 0 Å². The summed E-state index contributed by atoms with van der Waals surface area (Å²) in [6.07, 6.45) is -0.373. The fourth-order valence-electron chi connectivity index (χ4n) is 3.30. The molecular weight excluding hydrogens is 424 g/mol. The van der Waals surface area contributed by atoms with Crippen LogP contribution in [0.2, 0.25) is 5.15 Å². The van der Waals surface area contributed by atoms with E-state index in [0.717, 1.165) is 19.3 Å². The predicted molar refractivity (Wildman–Crippen MR) is 104 cm³/mol. The molecule has 3 rings (SSSR count). The molecule has 3 heterocycles. The largest absolute Gasteiger partial charge is 0.394 e. The summed E-state index contributed by atoms with van der Waals surface area (Å²) in [4.78, 5) is 12.2. The first kappa shape index (κ1) is 22.3. The van der Waals surface area contributed by atoms with Crippen molar-refractivity contribution in [2.75, 3.05) is 6.61 Å². The summed E-state index contributed by atoms with van der Waals surface area (Å²) in [7, 11) is -3.83. The van der Waals surface area contributed by atoms with Crippen LogP contribution in [0.25, 0.3) is 11.2 Å². The number of halogens is 1. The molecule has 1 aliphatic rings. The first-order valence-corrected chi connectivity index (χ1v) is 11.4. The number of ether oxygens (including phenoxy) is 1. The molecule has 0 aliphatic carbocycles. The molecule has 29 heavy (non-hydrogen) atoms. The highest BCUT2D eigenvalue weighted by Gasteiger charge is 2.44. The van der Waals surface area contributed by atoms with Gasteiger partial charge in [-0.25, -0.2) is 18.4 Å². The highest BCUT2D eigenvalue weighted by molar-refractivity contribution is 7.91. The smallest absolute Gasteiger partial charge is 0.250 e. The molecule has 0 radical (unpaired) electrons.